The highest BCUT2D eigenvalue weighted by molar-refractivity contribution is 5.93. The first-order chi connectivity index (χ1) is 12.2. The van der Waals surface area contributed by atoms with Crippen molar-refractivity contribution in [3.8, 4) is 6.07 Å². The highest BCUT2D eigenvalue weighted by atomic mass is 16.2. The Kier molecular flexibility index (Phi) is 5.27. The zero-order chi connectivity index (χ0) is 17.6. The highest BCUT2D eigenvalue weighted by Crippen LogP contribution is 2.18. The van der Waals surface area contributed by atoms with Gasteiger partial charge in [-0.25, -0.2) is 0 Å². The van der Waals surface area contributed by atoms with Gasteiger partial charge in [0.05, 0.1) is 24.7 Å². The van der Waals surface area contributed by atoms with Gasteiger partial charge in [-0.2, -0.15) is 5.26 Å². The summed E-state index contributed by atoms with van der Waals surface area (Å²) < 4.78 is 0. The number of carbonyl (C=O) groups is 1. The molecule has 1 aliphatic heterocycles. The summed E-state index contributed by atoms with van der Waals surface area (Å²) in [5, 5.41) is 11.8. The van der Waals surface area contributed by atoms with Gasteiger partial charge in [0.15, 0.2) is 6.04 Å². The van der Waals surface area contributed by atoms with Crippen LogP contribution in [0.2, 0.25) is 0 Å². The van der Waals surface area contributed by atoms with E-state index in [4.69, 9.17) is 5.26 Å². The molecule has 0 spiro atoms. The Balaban J connectivity index is 1.59. The Labute approximate surface area is 148 Å². The molecule has 1 heterocycles. The quantitative estimate of drug-likeness (QED) is 0.902. The van der Waals surface area contributed by atoms with E-state index < -0.39 is 0 Å². The lowest BCUT2D eigenvalue weighted by atomic mass is 9.99. The van der Waals surface area contributed by atoms with E-state index in [1.807, 2.05) is 13.0 Å². The van der Waals surface area contributed by atoms with E-state index in [2.05, 4.69) is 41.7 Å². The summed E-state index contributed by atoms with van der Waals surface area (Å²) in [6.45, 7) is 3.77. The van der Waals surface area contributed by atoms with Crippen molar-refractivity contribution in [3.63, 3.8) is 0 Å². The van der Waals surface area contributed by atoms with E-state index >= 15 is 0 Å². The predicted molar refractivity (Wildman–Crippen MR) is 99.0 cm³/mol. The molecule has 0 bridgehead atoms. The van der Waals surface area contributed by atoms with Gasteiger partial charge in [0.2, 0.25) is 0 Å². The van der Waals surface area contributed by atoms with Crippen LogP contribution in [0.25, 0.3) is 5.57 Å². The van der Waals surface area contributed by atoms with Crippen molar-refractivity contribution in [2.45, 2.75) is 19.4 Å². The van der Waals surface area contributed by atoms with Crippen LogP contribution in [0.1, 0.15) is 24.5 Å². The van der Waals surface area contributed by atoms with E-state index in [0.29, 0.717) is 5.56 Å². The lowest BCUT2D eigenvalue weighted by Gasteiger charge is -2.28. The van der Waals surface area contributed by atoms with Crippen LogP contribution in [0.4, 0.5) is 5.69 Å². The van der Waals surface area contributed by atoms with E-state index in [9.17, 15) is 4.79 Å². The van der Waals surface area contributed by atoms with Crippen molar-refractivity contribution < 1.29 is 9.69 Å². The zero-order valence-corrected chi connectivity index (χ0v) is 14.3. The molecule has 0 saturated heterocycles. The first kappa shape index (κ1) is 16.9. The standard InChI is InChI=1S/C21H21N3O/c1-16(21(25)23-20-9-7-17(15-22)8-10-20)24-13-11-19(12-14-24)18-5-3-2-4-6-18/h2-11,16H,12-14H2,1H3,(H,23,25)/p+1/t16-/m1/s1. The monoisotopic (exact) mass is 332 g/mol. The number of quaternary nitrogens is 1. The Morgan fingerprint density at radius 3 is 2.48 bits per heavy atom. The number of hydrogen-bond acceptors (Lipinski definition) is 2. The second-order valence-corrected chi connectivity index (χ2v) is 6.36. The van der Waals surface area contributed by atoms with Gasteiger partial charge in [-0.3, -0.25) is 4.79 Å². The molecule has 1 amide bonds. The molecule has 0 aromatic heterocycles. The third-order valence-electron chi connectivity index (χ3n) is 4.76. The molecule has 1 unspecified atom stereocenters. The molecule has 2 N–H and O–H groups in total. The molecule has 1 aliphatic rings. The van der Waals surface area contributed by atoms with E-state index in [1.54, 1.807) is 24.3 Å². The molecule has 2 aromatic carbocycles. The van der Waals surface area contributed by atoms with Gasteiger partial charge in [-0.1, -0.05) is 30.3 Å². The van der Waals surface area contributed by atoms with Crippen LogP contribution in [-0.4, -0.2) is 25.0 Å². The summed E-state index contributed by atoms with van der Waals surface area (Å²) in [6.07, 6.45) is 3.23. The third-order valence-corrected chi connectivity index (χ3v) is 4.76. The number of nitriles is 1. The van der Waals surface area contributed by atoms with Crippen molar-refractivity contribution >= 4 is 17.2 Å². The van der Waals surface area contributed by atoms with Crippen LogP contribution < -0.4 is 10.2 Å². The summed E-state index contributed by atoms with van der Waals surface area (Å²) in [7, 11) is 0. The second-order valence-electron chi connectivity index (χ2n) is 6.36. The van der Waals surface area contributed by atoms with Crippen LogP contribution in [0, 0.1) is 11.3 Å². The average molecular weight is 332 g/mol. The second kappa shape index (κ2) is 7.78. The number of nitrogens with one attached hydrogen (secondary N) is 2. The minimum Gasteiger partial charge on any atom is -0.321 e. The first-order valence-electron chi connectivity index (χ1n) is 8.57. The molecule has 0 saturated carbocycles. The summed E-state index contributed by atoms with van der Waals surface area (Å²) in [6, 6.07) is 19.3. The molecule has 0 radical (unpaired) electrons. The van der Waals surface area contributed by atoms with Crippen LogP contribution in [0.15, 0.2) is 60.7 Å². The Bertz CT molecular complexity index is 803. The van der Waals surface area contributed by atoms with Gasteiger partial charge in [-0.15, -0.1) is 0 Å². The molecule has 126 valence electrons. The zero-order valence-electron chi connectivity index (χ0n) is 14.3. The van der Waals surface area contributed by atoms with Gasteiger partial charge in [0, 0.05) is 12.1 Å². The maximum Gasteiger partial charge on any atom is 0.282 e. The van der Waals surface area contributed by atoms with Crippen molar-refractivity contribution in [1.82, 2.24) is 0 Å². The molecule has 4 nitrogen and oxygen atoms in total. The molecular formula is C21H22N3O+. The van der Waals surface area contributed by atoms with Crippen molar-refractivity contribution in [1.29, 1.82) is 5.26 Å². The lowest BCUT2D eigenvalue weighted by molar-refractivity contribution is -0.909. The fourth-order valence-corrected chi connectivity index (χ4v) is 3.13. The number of nitrogens with zero attached hydrogens (tertiary/aromatic N) is 1. The molecule has 25 heavy (non-hydrogen) atoms. The van der Waals surface area contributed by atoms with Crippen LogP contribution >= 0.6 is 0 Å². The van der Waals surface area contributed by atoms with E-state index in [1.165, 1.54) is 16.0 Å². The van der Waals surface area contributed by atoms with Gasteiger partial charge in [-0.05, 0) is 48.4 Å². The third kappa shape index (κ3) is 4.14. The van der Waals surface area contributed by atoms with Crippen molar-refractivity contribution in [2.24, 2.45) is 0 Å². The van der Waals surface area contributed by atoms with Gasteiger partial charge in [0.25, 0.3) is 5.91 Å². The maximum absolute atomic E-state index is 12.5. The van der Waals surface area contributed by atoms with Crippen LogP contribution in [0.3, 0.4) is 0 Å². The maximum atomic E-state index is 12.5. The van der Waals surface area contributed by atoms with Crippen LogP contribution in [0.5, 0.6) is 0 Å². The van der Waals surface area contributed by atoms with Crippen molar-refractivity contribution in [3.05, 3.63) is 71.8 Å². The fourth-order valence-electron chi connectivity index (χ4n) is 3.13. The first-order valence-corrected chi connectivity index (χ1v) is 8.57. The Morgan fingerprint density at radius 1 is 1.16 bits per heavy atom. The lowest BCUT2D eigenvalue weighted by Crippen LogP contribution is -3.17. The van der Waals surface area contributed by atoms with Crippen molar-refractivity contribution in [2.75, 3.05) is 18.4 Å². The van der Waals surface area contributed by atoms with Gasteiger partial charge >= 0.3 is 0 Å². The fraction of sp³-hybridized carbons (Fsp3) is 0.238. The molecule has 2 atom stereocenters. The molecule has 3 rings (SSSR count). The topological polar surface area (TPSA) is 57.3 Å². The molecule has 4 heteroatoms. The largest absolute Gasteiger partial charge is 0.321 e. The number of benzene rings is 2. The Hall–Kier alpha value is -2.90. The number of anilines is 1. The predicted octanol–water partition coefficient (Wildman–Crippen LogP) is 2.26. The van der Waals surface area contributed by atoms with E-state index in [-0.39, 0.29) is 11.9 Å². The van der Waals surface area contributed by atoms with Gasteiger partial charge < -0.3 is 10.2 Å². The summed E-state index contributed by atoms with van der Waals surface area (Å²) in [5.74, 6) is 0.0104. The van der Waals surface area contributed by atoms with E-state index in [0.717, 1.165) is 25.2 Å². The Morgan fingerprint density at radius 2 is 1.88 bits per heavy atom. The summed E-state index contributed by atoms with van der Waals surface area (Å²) in [5.41, 5.74) is 3.96. The molecule has 0 fully saturated rings. The summed E-state index contributed by atoms with van der Waals surface area (Å²) in [4.78, 5) is 13.8. The smallest absolute Gasteiger partial charge is 0.282 e. The molecule has 2 aromatic rings. The normalized spacial score (nSPS) is 17.9. The number of carbonyl (C=O) groups excluding carboxylic acids is 1. The minimum atomic E-state index is -0.121. The van der Waals surface area contributed by atoms with Gasteiger partial charge in [0.1, 0.15) is 0 Å². The summed E-state index contributed by atoms with van der Waals surface area (Å²) >= 11 is 0. The molecular weight excluding hydrogens is 310 g/mol. The number of rotatable bonds is 4. The SMILES string of the molecule is C[C@H](C(=O)Nc1ccc(C#N)cc1)[NH+]1CC=C(c2ccccc2)CC1. The molecule has 0 aliphatic carbocycles. The number of amides is 1. The number of hydrogen-bond donors (Lipinski definition) is 2. The highest BCUT2D eigenvalue weighted by Gasteiger charge is 2.27. The van der Waals surface area contributed by atoms with Crippen LogP contribution in [-0.2, 0) is 4.79 Å². The average Bonchev–Trinajstić information content (AvgIpc) is 2.69. The minimum absolute atomic E-state index is 0.0104.